The predicted molar refractivity (Wildman–Crippen MR) is 96.5 cm³/mol. The minimum absolute atomic E-state index is 0.0263. The molecule has 174 valence electrons. The molecular formula is C18H20F5NO6S. The molecule has 1 aliphatic carbocycles. The lowest BCUT2D eigenvalue weighted by molar-refractivity contribution is -0.317. The standard InChI is InChI=1S/C18H20F5NO6S/c19-17(20,21)14(13-8-4-9-16(13)28-10-5-11-29-16)30-31(26,27)18(22,23)15(25)24-12-6-2-1-3-7-12/h1-3,6-7,13-14H,4-5,8-11H2,(H,24,25). The Morgan fingerprint density at radius 3 is 2.29 bits per heavy atom. The van der Waals surface area contributed by atoms with Crippen LogP contribution in [0.1, 0.15) is 25.7 Å². The normalized spacial score (nSPS) is 22.9. The maximum atomic E-state index is 14.4. The number of hydrogen-bond acceptors (Lipinski definition) is 6. The summed E-state index contributed by atoms with van der Waals surface area (Å²) in [5, 5.41) is -3.64. The Bertz CT molecular complexity index is 886. The van der Waals surface area contributed by atoms with Crippen molar-refractivity contribution in [3.8, 4) is 0 Å². The van der Waals surface area contributed by atoms with Crippen LogP contribution in [0.2, 0.25) is 0 Å². The van der Waals surface area contributed by atoms with Gasteiger partial charge in [0.05, 0.1) is 13.2 Å². The fourth-order valence-electron chi connectivity index (χ4n) is 3.69. The van der Waals surface area contributed by atoms with Gasteiger partial charge in [-0.25, -0.2) is 0 Å². The van der Waals surface area contributed by atoms with Gasteiger partial charge in [0.15, 0.2) is 11.9 Å². The molecule has 1 saturated heterocycles. The van der Waals surface area contributed by atoms with E-state index in [1.54, 1.807) is 5.32 Å². The lowest BCUT2D eigenvalue weighted by Crippen LogP contribution is -2.55. The summed E-state index contributed by atoms with van der Waals surface area (Å²) < 4.78 is 109. The predicted octanol–water partition coefficient (Wildman–Crippen LogP) is 3.43. The van der Waals surface area contributed by atoms with E-state index in [0.717, 1.165) is 0 Å². The molecule has 0 radical (unpaired) electrons. The number of anilines is 1. The van der Waals surface area contributed by atoms with Gasteiger partial charge in [-0.15, -0.1) is 0 Å². The van der Waals surface area contributed by atoms with Gasteiger partial charge in [0.2, 0.25) is 0 Å². The first-order valence-corrected chi connectivity index (χ1v) is 10.8. The van der Waals surface area contributed by atoms with Crippen LogP contribution < -0.4 is 5.32 Å². The third-order valence-electron chi connectivity index (χ3n) is 5.12. The topological polar surface area (TPSA) is 90.9 Å². The highest BCUT2D eigenvalue weighted by molar-refractivity contribution is 7.88. The zero-order valence-corrected chi connectivity index (χ0v) is 16.8. The van der Waals surface area contributed by atoms with E-state index in [1.807, 2.05) is 0 Å². The Kier molecular flexibility index (Phi) is 6.61. The van der Waals surface area contributed by atoms with Crippen LogP contribution >= 0.6 is 0 Å². The molecular weight excluding hydrogens is 453 g/mol. The first-order valence-electron chi connectivity index (χ1n) is 9.41. The zero-order valence-electron chi connectivity index (χ0n) is 16.0. The largest absolute Gasteiger partial charge is 0.447 e. The molecule has 2 fully saturated rings. The number of ether oxygens (including phenoxy) is 2. The monoisotopic (exact) mass is 473 g/mol. The van der Waals surface area contributed by atoms with Crippen LogP contribution in [0.5, 0.6) is 0 Å². The van der Waals surface area contributed by atoms with Crippen molar-refractivity contribution in [1.29, 1.82) is 0 Å². The molecule has 31 heavy (non-hydrogen) atoms. The van der Waals surface area contributed by atoms with E-state index in [-0.39, 0.29) is 38.2 Å². The average molecular weight is 473 g/mol. The summed E-state index contributed by atoms with van der Waals surface area (Å²) in [6.07, 6.45) is -8.10. The van der Waals surface area contributed by atoms with Crippen LogP contribution in [0.15, 0.2) is 30.3 Å². The van der Waals surface area contributed by atoms with Crippen molar-refractivity contribution < 1.29 is 48.8 Å². The van der Waals surface area contributed by atoms with Gasteiger partial charge in [0.25, 0.3) is 0 Å². The number of amides is 1. The highest BCUT2D eigenvalue weighted by Gasteiger charge is 2.63. The number of carbonyl (C=O) groups is 1. The van der Waals surface area contributed by atoms with Crippen molar-refractivity contribution >= 4 is 21.7 Å². The van der Waals surface area contributed by atoms with E-state index >= 15 is 0 Å². The lowest BCUT2D eigenvalue weighted by Gasteiger charge is -2.41. The van der Waals surface area contributed by atoms with Crippen LogP contribution in [0.25, 0.3) is 0 Å². The number of nitrogens with one attached hydrogen (secondary N) is 1. The van der Waals surface area contributed by atoms with Crippen LogP contribution in [0.3, 0.4) is 0 Å². The Morgan fingerprint density at radius 2 is 1.71 bits per heavy atom. The second-order valence-electron chi connectivity index (χ2n) is 7.21. The Labute approximate surface area is 175 Å². The molecule has 2 atom stereocenters. The number of alkyl halides is 5. The Hall–Kier alpha value is -1.83. The van der Waals surface area contributed by atoms with Crippen molar-refractivity contribution in [3.63, 3.8) is 0 Å². The van der Waals surface area contributed by atoms with E-state index in [9.17, 15) is 35.2 Å². The van der Waals surface area contributed by atoms with Gasteiger partial charge < -0.3 is 14.8 Å². The molecule has 1 aromatic carbocycles. The van der Waals surface area contributed by atoms with Crippen LogP contribution in [-0.2, 0) is 28.6 Å². The summed E-state index contributed by atoms with van der Waals surface area (Å²) in [5.41, 5.74) is -0.173. The van der Waals surface area contributed by atoms with Gasteiger partial charge in [-0.3, -0.25) is 8.98 Å². The third kappa shape index (κ3) is 4.83. The Morgan fingerprint density at radius 1 is 1.10 bits per heavy atom. The molecule has 1 N–H and O–H groups in total. The number of para-hydroxylation sites is 1. The van der Waals surface area contributed by atoms with E-state index < -0.39 is 45.3 Å². The van der Waals surface area contributed by atoms with Gasteiger partial charge in [-0.1, -0.05) is 18.2 Å². The first kappa shape index (κ1) is 23.8. The SMILES string of the molecule is O=C(Nc1ccccc1)C(F)(F)S(=O)(=O)OC(C1CCCC12OCCCO2)C(F)(F)F. The number of hydrogen-bond donors (Lipinski definition) is 1. The minimum Gasteiger partial charge on any atom is -0.349 e. The molecule has 1 heterocycles. The summed E-state index contributed by atoms with van der Waals surface area (Å²) in [6, 6.07) is 6.65. The number of rotatable bonds is 6. The highest BCUT2D eigenvalue weighted by Crippen LogP contribution is 2.48. The molecule has 3 rings (SSSR count). The van der Waals surface area contributed by atoms with E-state index in [4.69, 9.17) is 9.47 Å². The zero-order chi connectivity index (χ0) is 22.9. The van der Waals surface area contributed by atoms with Crippen LogP contribution in [-0.4, -0.2) is 50.9 Å². The molecule has 2 unspecified atom stereocenters. The molecule has 7 nitrogen and oxygen atoms in total. The first-order chi connectivity index (χ1) is 14.4. The number of benzene rings is 1. The molecule has 1 spiro atoms. The summed E-state index contributed by atoms with van der Waals surface area (Å²) in [5.74, 6) is -5.82. The van der Waals surface area contributed by atoms with E-state index in [0.29, 0.717) is 6.42 Å². The van der Waals surface area contributed by atoms with Gasteiger partial charge in [-0.2, -0.15) is 30.4 Å². The van der Waals surface area contributed by atoms with E-state index in [2.05, 4.69) is 4.18 Å². The van der Waals surface area contributed by atoms with Gasteiger partial charge in [0.1, 0.15) is 0 Å². The maximum Gasteiger partial charge on any atom is 0.447 e. The molecule has 1 saturated carbocycles. The fourth-order valence-corrected chi connectivity index (χ4v) is 4.61. The van der Waals surface area contributed by atoms with Gasteiger partial charge >= 0.3 is 27.5 Å². The molecule has 1 amide bonds. The van der Waals surface area contributed by atoms with Crippen molar-refractivity contribution in [1.82, 2.24) is 0 Å². The molecule has 1 aliphatic heterocycles. The minimum atomic E-state index is -6.33. The number of carbonyl (C=O) groups excluding carboxylic acids is 1. The molecule has 2 aliphatic rings. The summed E-state index contributed by atoms with van der Waals surface area (Å²) >= 11 is 0. The van der Waals surface area contributed by atoms with Crippen molar-refractivity contribution in [3.05, 3.63) is 30.3 Å². The quantitative estimate of drug-likeness (QED) is 0.503. The molecule has 1 aromatic rings. The van der Waals surface area contributed by atoms with Crippen molar-refractivity contribution in [2.24, 2.45) is 5.92 Å². The highest BCUT2D eigenvalue weighted by atomic mass is 32.2. The second kappa shape index (κ2) is 8.60. The van der Waals surface area contributed by atoms with E-state index in [1.165, 1.54) is 30.3 Å². The Balaban J connectivity index is 1.85. The summed E-state index contributed by atoms with van der Waals surface area (Å²) in [6.45, 7) is 0.146. The summed E-state index contributed by atoms with van der Waals surface area (Å²) in [7, 11) is -6.33. The van der Waals surface area contributed by atoms with Crippen LogP contribution in [0.4, 0.5) is 27.6 Å². The average Bonchev–Trinajstić information content (AvgIpc) is 3.08. The van der Waals surface area contributed by atoms with Crippen molar-refractivity contribution in [2.45, 2.75) is 49.0 Å². The fraction of sp³-hybridized carbons (Fsp3) is 0.611. The van der Waals surface area contributed by atoms with Gasteiger partial charge in [-0.05, 0) is 31.4 Å². The van der Waals surface area contributed by atoms with Gasteiger partial charge in [0, 0.05) is 18.0 Å². The van der Waals surface area contributed by atoms with Crippen molar-refractivity contribution in [2.75, 3.05) is 18.5 Å². The second-order valence-corrected chi connectivity index (χ2v) is 8.82. The number of halogens is 5. The smallest absolute Gasteiger partial charge is 0.349 e. The summed E-state index contributed by atoms with van der Waals surface area (Å²) in [4.78, 5) is 11.9. The lowest BCUT2D eigenvalue weighted by atomic mass is 9.94. The molecule has 13 heteroatoms. The maximum absolute atomic E-state index is 14.4. The third-order valence-corrected chi connectivity index (χ3v) is 6.39. The van der Waals surface area contributed by atoms with Crippen LogP contribution in [0, 0.1) is 5.92 Å². The molecule has 0 bridgehead atoms. The molecule has 0 aromatic heterocycles.